The van der Waals surface area contributed by atoms with Gasteiger partial charge in [-0.3, -0.25) is 4.79 Å². The highest BCUT2D eigenvalue weighted by molar-refractivity contribution is 6.11. The Balaban J connectivity index is 1.85. The summed E-state index contributed by atoms with van der Waals surface area (Å²) in [6.45, 7) is 2.48. The fraction of sp³-hybridized carbons (Fsp3) is 0.176. The summed E-state index contributed by atoms with van der Waals surface area (Å²) in [5, 5.41) is 0. The van der Waals surface area contributed by atoms with Gasteiger partial charge in [-0.15, -0.1) is 0 Å². The van der Waals surface area contributed by atoms with Crippen molar-refractivity contribution in [1.29, 1.82) is 0 Å². The molecule has 21 heavy (non-hydrogen) atoms. The topological polar surface area (TPSA) is 46.3 Å². The van der Waals surface area contributed by atoms with E-state index in [4.69, 9.17) is 4.42 Å². The van der Waals surface area contributed by atoms with Gasteiger partial charge in [0.1, 0.15) is 5.52 Å². The molecule has 0 radical (unpaired) electrons. The summed E-state index contributed by atoms with van der Waals surface area (Å²) < 4.78 is 5.68. The summed E-state index contributed by atoms with van der Waals surface area (Å²) in [6.07, 6.45) is 0.853. The van der Waals surface area contributed by atoms with Crippen molar-refractivity contribution in [2.24, 2.45) is 0 Å². The Morgan fingerprint density at radius 3 is 2.90 bits per heavy atom. The first-order valence-electron chi connectivity index (χ1n) is 7.00. The minimum absolute atomic E-state index is 0.0263. The van der Waals surface area contributed by atoms with Crippen molar-refractivity contribution >= 4 is 22.7 Å². The zero-order valence-electron chi connectivity index (χ0n) is 11.7. The molecule has 0 atom stereocenters. The number of aromatic nitrogens is 1. The van der Waals surface area contributed by atoms with Crippen LogP contribution in [0, 0.1) is 6.92 Å². The van der Waals surface area contributed by atoms with E-state index >= 15 is 0 Å². The zero-order valence-corrected chi connectivity index (χ0v) is 11.7. The van der Waals surface area contributed by atoms with Gasteiger partial charge in [0, 0.05) is 19.0 Å². The lowest BCUT2D eigenvalue weighted by molar-refractivity contribution is 0.0980. The molecule has 0 unspecified atom stereocenters. The largest absolute Gasteiger partial charge is 0.439 e. The lowest BCUT2D eigenvalue weighted by atomic mass is 9.98. The SMILES string of the molecule is Cc1nc2cccc(N3CCc4ccccc4C3=O)c2o1. The zero-order chi connectivity index (χ0) is 14.4. The number of fused-ring (bicyclic) bond motifs is 2. The molecule has 4 heteroatoms. The van der Waals surface area contributed by atoms with Crippen molar-refractivity contribution in [2.75, 3.05) is 11.4 Å². The molecule has 104 valence electrons. The third kappa shape index (κ3) is 1.83. The summed E-state index contributed by atoms with van der Waals surface area (Å²) in [7, 11) is 0. The van der Waals surface area contributed by atoms with Crippen molar-refractivity contribution in [1.82, 2.24) is 4.98 Å². The number of nitrogens with zero attached hydrogens (tertiary/aromatic N) is 2. The van der Waals surface area contributed by atoms with Crippen LogP contribution in [0.4, 0.5) is 5.69 Å². The Morgan fingerprint density at radius 1 is 1.14 bits per heavy atom. The summed E-state index contributed by atoms with van der Waals surface area (Å²) in [6, 6.07) is 13.5. The van der Waals surface area contributed by atoms with Crippen LogP contribution in [0.1, 0.15) is 21.8 Å². The van der Waals surface area contributed by atoms with Crippen LogP contribution in [0.5, 0.6) is 0 Å². The van der Waals surface area contributed by atoms with Crippen LogP contribution in [0.15, 0.2) is 46.9 Å². The average molecular weight is 278 g/mol. The summed E-state index contributed by atoms with van der Waals surface area (Å²) in [5.74, 6) is 0.640. The lowest BCUT2D eigenvalue weighted by Crippen LogP contribution is -2.37. The van der Waals surface area contributed by atoms with Gasteiger partial charge in [-0.25, -0.2) is 4.98 Å². The third-order valence-corrected chi connectivity index (χ3v) is 3.89. The van der Waals surface area contributed by atoms with Crippen molar-refractivity contribution in [3.8, 4) is 0 Å². The molecule has 3 aromatic rings. The van der Waals surface area contributed by atoms with Crippen LogP contribution in [0.2, 0.25) is 0 Å². The second-order valence-corrected chi connectivity index (χ2v) is 5.22. The third-order valence-electron chi connectivity index (χ3n) is 3.89. The van der Waals surface area contributed by atoms with E-state index in [9.17, 15) is 4.79 Å². The Labute approximate surface area is 122 Å². The molecule has 1 aliphatic heterocycles. The minimum atomic E-state index is 0.0263. The molecule has 1 aromatic heterocycles. The maximum absolute atomic E-state index is 12.7. The number of rotatable bonds is 1. The van der Waals surface area contributed by atoms with Gasteiger partial charge < -0.3 is 9.32 Å². The van der Waals surface area contributed by atoms with E-state index in [0.29, 0.717) is 18.0 Å². The lowest BCUT2D eigenvalue weighted by Gasteiger charge is -2.28. The highest BCUT2D eigenvalue weighted by atomic mass is 16.3. The predicted octanol–water partition coefficient (Wildman–Crippen LogP) is 3.34. The molecule has 0 aliphatic carbocycles. The molecule has 1 amide bonds. The van der Waals surface area contributed by atoms with E-state index in [1.807, 2.05) is 49.4 Å². The predicted molar refractivity (Wildman–Crippen MR) is 80.6 cm³/mol. The number of aryl methyl sites for hydroxylation is 1. The van der Waals surface area contributed by atoms with Crippen LogP contribution in [-0.4, -0.2) is 17.4 Å². The van der Waals surface area contributed by atoms with Crippen molar-refractivity contribution in [3.05, 3.63) is 59.5 Å². The average Bonchev–Trinajstić information content (AvgIpc) is 2.88. The van der Waals surface area contributed by atoms with E-state index in [1.165, 1.54) is 0 Å². The van der Waals surface area contributed by atoms with E-state index < -0.39 is 0 Å². The Hall–Kier alpha value is -2.62. The van der Waals surface area contributed by atoms with Gasteiger partial charge in [0.05, 0.1) is 5.69 Å². The molecule has 1 aliphatic rings. The monoisotopic (exact) mass is 278 g/mol. The van der Waals surface area contributed by atoms with Crippen LogP contribution in [0.3, 0.4) is 0 Å². The molecule has 2 heterocycles. The van der Waals surface area contributed by atoms with Crippen LogP contribution in [0.25, 0.3) is 11.1 Å². The number of hydrogen-bond acceptors (Lipinski definition) is 3. The van der Waals surface area contributed by atoms with E-state index in [0.717, 1.165) is 28.8 Å². The number of benzene rings is 2. The Kier molecular flexibility index (Phi) is 2.57. The number of amides is 1. The fourth-order valence-electron chi connectivity index (χ4n) is 2.91. The molecular formula is C17H14N2O2. The van der Waals surface area contributed by atoms with Gasteiger partial charge in [0.25, 0.3) is 5.91 Å². The summed E-state index contributed by atoms with van der Waals surface area (Å²) in [4.78, 5) is 18.9. The van der Waals surface area contributed by atoms with Crippen LogP contribution < -0.4 is 4.90 Å². The van der Waals surface area contributed by atoms with Gasteiger partial charge in [-0.05, 0) is 30.2 Å². The van der Waals surface area contributed by atoms with Gasteiger partial charge in [0.2, 0.25) is 0 Å². The smallest absolute Gasteiger partial charge is 0.258 e. The number of anilines is 1. The van der Waals surface area contributed by atoms with Crippen molar-refractivity contribution in [2.45, 2.75) is 13.3 Å². The fourth-order valence-corrected chi connectivity index (χ4v) is 2.91. The normalized spacial score (nSPS) is 14.5. The van der Waals surface area contributed by atoms with Crippen LogP contribution >= 0.6 is 0 Å². The highest BCUT2D eigenvalue weighted by Crippen LogP contribution is 2.31. The van der Waals surface area contributed by atoms with E-state index in [2.05, 4.69) is 4.98 Å². The summed E-state index contributed by atoms with van der Waals surface area (Å²) in [5.41, 5.74) is 4.16. The molecule has 0 saturated heterocycles. The van der Waals surface area contributed by atoms with Gasteiger partial charge in [-0.2, -0.15) is 0 Å². The molecule has 0 fully saturated rings. The number of hydrogen-bond donors (Lipinski definition) is 0. The molecule has 4 nitrogen and oxygen atoms in total. The molecule has 4 rings (SSSR count). The number of oxazole rings is 1. The molecular weight excluding hydrogens is 264 g/mol. The Morgan fingerprint density at radius 2 is 2.00 bits per heavy atom. The molecule has 0 N–H and O–H groups in total. The number of carbonyl (C=O) groups excluding carboxylic acids is 1. The first kappa shape index (κ1) is 12.1. The van der Waals surface area contributed by atoms with Crippen molar-refractivity contribution < 1.29 is 9.21 Å². The molecule has 0 spiro atoms. The second kappa shape index (κ2) is 4.45. The van der Waals surface area contributed by atoms with Gasteiger partial charge >= 0.3 is 0 Å². The highest BCUT2D eigenvalue weighted by Gasteiger charge is 2.27. The standard InChI is InChI=1S/C17H14N2O2/c1-11-18-14-7-4-8-15(16(14)21-11)19-10-9-12-5-2-3-6-13(12)17(19)20/h2-8H,9-10H2,1H3. The first-order chi connectivity index (χ1) is 10.2. The maximum Gasteiger partial charge on any atom is 0.258 e. The summed E-state index contributed by atoms with van der Waals surface area (Å²) >= 11 is 0. The minimum Gasteiger partial charge on any atom is -0.439 e. The van der Waals surface area contributed by atoms with E-state index in [-0.39, 0.29) is 5.91 Å². The van der Waals surface area contributed by atoms with Crippen LogP contribution in [-0.2, 0) is 6.42 Å². The van der Waals surface area contributed by atoms with Crippen molar-refractivity contribution in [3.63, 3.8) is 0 Å². The second-order valence-electron chi connectivity index (χ2n) is 5.22. The quantitative estimate of drug-likeness (QED) is 0.686. The van der Waals surface area contributed by atoms with Gasteiger partial charge in [0.15, 0.2) is 11.5 Å². The number of carbonyl (C=O) groups is 1. The molecule has 0 bridgehead atoms. The Bertz CT molecular complexity index is 851. The number of para-hydroxylation sites is 1. The molecule has 2 aromatic carbocycles. The first-order valence-corrected chi connectivity index (χ1v) is 7.00. The van der Waals surface area contributed by atoms with E-state index in [1.54, 1.807) is 4.90 Å². The maximum atomic E-state index is 12.7. The van der Waals surface area contributed by atoms with Gasteiger partial charge in [-0.1, -0.05) is 24.3 Å². The molecule has 0 saturated carbocycles.